The summed E-state index contributed by atoms with van der Waals surface area (Å²) in [5.74, 6) is 1.64. The minimum Gasteiger partial charge on any atom is -0.462 e. The maximum Gasteiger partial charge on any atom is 0.306 e. The van der Waals surface area contributed by atoms with E-state index in [0.717, 1.165) is 75.5 Å². The number of esters is 3. The Labute approximate surface area is 393 Å². The van der Waals surface area contributed by atoms with Gasteiger partial charge in [-0.2, -0.15) is 0 Å². The van der Waals surface area contributed by atoms with Crippen molar-refractivity contribution in [3.63, 3.8) is 0 Å². The van der Waals surface area contributed by atoms with Crippen LogP contribution in [0.25, 0.3) is 0 Å². The van der Waals surface area contributed by atoms with Gasteiger partial charge in [0.1, 0.15) is 13.2 Å². The van der Waals surface area contributed by atoms with E-state index < -0.39 is 6.10 Å². The average Bonchev–Trinajstić information content (AvgIpc) is 3.24. The third-order valence-corrected chi connectivity index (χ3v) is 12.9. The highest BCUT2D eigenvalue weighted by atomic mass is 16.6. The standard InChI is InChI=1S/C57H110O6/c1-51(2)43-37-31-25-19-14-11-9-7-8-10-12-16-22-28-34-40-46-55(58)61-49-54(50-62-56(59)47-41-35-29-24-18-21-27-33-39-45-53(5)6)63-57(60)48-42-36-30-23-17-13-15-20-26-32-38-44-52(3)4/h51-54H,7-50H2,1-6H3/t54-/m1/s1. The van der Waals surface area contributed by atoms with Crippen LogP contribution < -0.4 is 0 Å². The molecule has 0 bridgehead atoms. The van der Waals surface area contributed by atoms with Gasteiger partial charge in [-0.25, -0.2) is 0 Å². The molecule has 0 rings (SSSR count). The predicted octanol–water partition coefficient (Wildman–Crippen LogP) is 18.3. The topological polar surface area (TPSA) is 78.9 Å². The van der Waals surface area contributed by atoms with Crippen molar-refractivity contribution in [3.05, 3.63) is 0 Å². The predicted molar refractivity (Wildman–Crippen MR) is 270 cm³/mol. The lowest BCUT2D eigenvalue weighted by Crippen LogP contribution is -2.30. The van der Waals surface area contributed by atoms with E-state index in [1.54, 1.807) is 0 Å². The van der Waals surface area contributed by atoms with Crippen molar-refractivity contribution in [1.29, 1.82) is 0 Å². The van der Waals surface area contributed by atoms with Crippen molar-refractivity contribution in [2.75, 3.05) is 13.2 Å². The summed E-state index contributed by atoms with van der Waals surface area (Å²) in [6.07, 6.45) is 49.5. The van der Waals surface area contributed by atoms with E-state index in [0.29, 0.717) is 19.3 Å². The molecule has 0 aromatic carbocycles. The van der Waals surface area contributed by atoms with Crippen LogP contribution in [-0.2, 0) is 28.6 Å². The van der Waals surface area contributed by atoms with E-state index in [1.165, 1.54) is 193 Å². The number of hydrogen-bond acceptors (Lipinski definition) is 6. The fourth-order valence-electron chi connectivity index (χ4n) is 8.65. The lowest BCUT2D eigenvalue weighted by Gasteiger charge is -2.18. The zero-order valence-corrected chi connectivity index (χ0v) is 43.4. The molecular formula is C57H110O6. The first-order valence-corrected chi connectivity index (χ1v) is 28.1. The minimum atomic E-state index is -0.763. The van der Waals surface area contributed by atoms with E-state index in [9.17, 15) is 14.4 Å². The first-order chi connectivity index (χ1) is 30.6. The van der Waals surface area contributed by atoms with E-state index in [4.69, 9.17) is 14.2 Å². The molecule has 0 unspecified atom stereocenters. The highest BCUT2D eigenvalue weighted by molar-refractivity contribution is 5.71. The summed E-state index contributed by atoms with van der Waals surface area (Å²) in [4.78, 5) is 38.1. The summed E-state index contributed by atoms with van der Waals surface area (Å²) in [5.41, 5.74) is 0. The molecule has 6 nitrogen and oxygen atoms in total. The van der Waals surface area contributed by atoms with Gasteiger partial charge in [-0.15, -0.1) is 0 Å². The molecule has 0 aromatic heterocycles. The summed E-state index contributed by atoms with van der Waals surface area (Å²) >= 11 is 0. The minimum absolute atomic E-state index is 0.0640. The van der Waals surface area contributed by atoms with Crippen LogP contribution in [0.2, 0.25) is 0 Å². The molecule has 1 atom stereocenters. The van der Waals surface area contributed by atoms with Gasteiger partial charge in [0.05, 0.1) is 0 Å². The summed E-state index contributed by atoms with van der Waals surface area (Å²) in [6.45, 7) is 13.7. The molecule has 0 aliphatic rings. The molecule has 0 amide bonds. The van der Waals surface area contributed by atoms with Gasteiger partial charge in [0, 0.05) is 19.3 Å². The van der Waals surface area contributed by atoms with Crippen molar-refractivity contribution in [2.24, 2.45) is 17.8 Å². The first-order valence-electron chi connectivity index (χ1n) is 28.1. The maximum atomic E-state index is 12.8. The fourth-order valence-corrected chi connectivity index (χ4v) is 8.65. The second kappa shape index (κ2) is 48.3. The van der Waals surface area contributed by atoms with Crippen molar-refractivity contribution in [2.45, 2.75) is 317 Å². The summed E-state index contributed by atoms with van der Waals surface area (Å²) in [7, 11) is 0. The number of unbranched alkanes of at least 4 members (excludes halogenated alkanes) is 33. The molecule has 0 aliphatic carbocycles. The van der Waals surface area contributed by atoms with Gasteiger partial charge >= 0.3 is 17.9 Å². The zero-order chi connectivity index (χ0) is 46.3. The highest BCUT2D eigenvalue weighted by Gasteiger charge is 2.19. The highest BCUT2D eigenvalue weighted by Crippen LogP contribution is 2.18. The van der Waals surface area contributed by atoms with Crippen LogP contribution in [0, 0.1) is 17.8 Å². The number of ether oxygens (including phenoxy) is 3. The molecule has 0 aliphatic heterocycles. The van der Waals surface area contributed by atoms with Crippen LogP contribution in [0.3, 0.4) is 0 Å². The Kier molecular flexibility index (Phi) is 47.1. The van der Waals surface area contributed by atoms with Gasteiger partial charge in [-0.05, 0) is 37.0 Å². The van der Waals surface area contributed by atoms with Gasteiger partial charge in [0.2, 0.25) is 0 Å². The maximum absolute atomic E-state index is 12.8. The molecule has 0 fully saturated rings. The Morgan fingerprint density at radius 2 is 0.460 bits per heavy atom. The van der Waals surface area contributed by atoms with Gasteiger partial charge in [-0.1, -0.05) is 273 Å². The van der Waals surface area contributed by atoms with Gasteiger partial charge < -0.3 is 14.2 Å². The van der Waals surface area contributed by atoms with Crippen molar-refractivity contribution >= 4 is 17.9 Å². The Bertz CT molecular complexity index is 976. The summed E-state index contributed by atoms with van der Waals surface area (Å²) < 4.78 is 16.9. The Balaban J connectivity index is 4.27. The Hall–Kier alpha value is -1.59. The molecule has 63 heavy (non-hydrogen) atoms. The monoisotopic (exact) mass is 891 g/mol. The molecule has 374 valence electrons. The molecule has 0 spiro atoms. The van der Waals surface area contributed by atoms with Crippen LogP contribution in [0.15, 0.2) is 0 Å². The smallest absolute Gasteiger partial charge is 0.306 e. The molecule has 6 heteroatoms. The van der Waals surface area contributed by atoms with E-state index >= 15 is 0 Å². The van der Waals surface area contributed by atoms with Crippen LogP contribution in [0.1, 0.15) is 311 Å². The van der Waals surface area contributed by atoms with Gasteiger partial charge in [0.25, 0.3) is 0 Å². The average molecular weight is 892 g/mol. The van der Waals surface area contributed by atoms with Crippen molar-refractivity contribution in [1.82, 2.24) is 0 Å². The van der Waals surface area contributed by atoms with Crippen LogP contribution in [-0.4, -0.2) is 37.2 Å². The molecule has 0 aromatic rings. The molecule has 0 radical (unpaired) electrons. The van der Waals surface area contributed by atoms with Crippen molar-refractivity contribution < 1.29 is 28.6 Å². The lowest BCUT2D eigenvalue weighted by atomic mass is 10.0. The normalized spacial score (nSPS) is 12.1. The van der Waals surface area contributed by atoms with Crippen LogP contribution >= 0.6 is 0 Å². The Morgan fingerprint density at radius 1 is 0.270 bits per heavy atom. The third kappa shape index (κ3) is 51.3. The van der Waals surface area contributed by atoms with Gasteiger partial charge in [-0.3, -0.25) is 14.4 Å². The van der Waals surface area contributed by atoms with Crippen molar-refractivity contribution in [3.8, 4) is 0 Å². The SMILES string of the molecule is CC(C)CCCCCCCCCCCCCCCCCCC(=O)OC[C@H](COC(=O)CCCCCCCCCCCC(C)C)OC(=O)CCCCCCCCCCCCCC(C)C. The number of carbonyl (C=O) groups is 3. The van der Waals surface area contributed by atoms with E-state index in [2.05, 4.69) is 41.5 Å². The third-order valence-electron chi connectivity index (χ3n) is 12.9. The van der Waals surface area contributed by atoms with E-state index in [1.807, 2.05) is 0 Å². The second-order valence-electron chi connectivity index (χ2n) is 21.0. The fraction of sp³-hybridized carbons (Fsp3) is 0.947. The molecule has 0 saturated heterocycles. The number of hydrogen-bond donors (Lipinski definition) is 0. The Morgan fingerprint density at radius 3 is 0.683 bits per heavy atom. The van der Waals surface area contributed by atoms with Crippen LogP contribution in [0.5, 0.6) is 0 Å². The summed E-state index contributed by atoms with van der Waals surface area (Å²) in [6, 6.07) is 0. The zero-order valence-electron chi connectivity index (χ0n) is 43.4. The largest absolute Gasteiger partial charge is 0.462 e. The second-order valence-corrected chi connectivity index (χ2v) is 21.0. The van der Waals surface area contributed by atoms with Gasteiger partial charge in [0.15, 0.2) is 6.10 Å². The molecule has 0 N–H and O–H groups in total. The van der Waals surface area contributed by atoms with Crippen LogP contribution in [0.4, 0.5) is 0 Å². The van der Waals surface area contributed by atoms with E-state index in [-0.39, 0.29) is 31.1 Å². The summed E-state index contributed by atoms with van der Waals surface area (Å²) in [5, 5.41) is 0. The molecule has 0 saturated carbocycles. The number of rotatable bonds is 50. The first kappa shape index (κ1) is 61.4. The lowest BCUT2D eigenvalue weighted by molar-refractivity contribution is -0.167. The molecule has 0 heterocycles. The molecular weight excluding hydrogens is 781 g/mol. The quantitative estimate of drug-likeness (QED) is 0.0344. The number of carbonyl (C=O) groups excluding carboxylic acids is 3.